The number of benzene rings is 7. The molecule has 274 valence electrons. The van der Waals surface area contributed by atoms with Gasteiger partial charge in [-0.2, -0.15) is 26.3 Å². The van der Waals surface area contributed by atoms with Crippen molar-refractivity contribution >= 4 is 39.3 Å². The van der Waals surface area contributed by atoms with E-state index in [4.69, 9.17) is 0 Å². The lowest BCUT2D eigenvalue weighted by molar-refractivity contribution is -0.142. The second kappa shape index (κ2) is 12.8. The molecule has 56 heavy (non-hydrogen) atoms. The number of anilines is 1. The third kappa shape index (κ3) is 5.47. The van der Waals surface area contributed by atoms with E-state index in [1.165, 1.54) is 6.07 Å². The third-order valence-electron chi connectivity index (χ3n) is 10.2. The largest absolute Gasteiger partial charge is 0.417 e. The Kier molecular flexibility index (Phi) is 7.98. The fraction of sp³-hybridized carbons (Fsp3) is 0.0435. The van der Waals surface area contributed by atoms with Crippen molar-refractivity contribution in [3.8, 4) is 39.1 Å². The van der Waals surface area contributed by atoms with Crippen molar-refractivity contribution < 1.29 is 35.9 Å². The number of rotatable bonds is 5. The van der Waals surface area contributed by atoms with Gasteiger partial charge < -0.3 is 4.57 Å². The van der Waals surface area contributed by atoms with Crippen LogP contribution >= 0.6 is 0 Å². The van der Waals surface area contributed by atoms with Crippen LogP contribution in [0.5, 0.6) is 0 Å². The van der Waals surface area contributed by atoms with Gasteiger partial charge in [0, 0.05) is 27.5 Å². The fourth-order valence-electron chi connectivity index (χ4n) is 7.82. The Bertz CT molecular complexity index is 2820. The molecular weight excluding hydrogens is 727 g/mol. The van der Waals surface area contributed by atoms with E-state index < -0.39 is 40.9 Å². The van der Waals surface area contributed by atoms with Crippen molar-refractivity contribution in [2.75, 3.05) is 4.90 Å². The molecule has 0 fully saturated rings. The number of hydrogen-bond donors (Lipinski definition) is 0. The predicted octanol–water partition coefficient (Wildman–Crippen LogP) is 12.6. The minimum atomic E-state index is -5.14. The first-order chi connectivity index (χ1) is 26.9. The number of nitrogens with zero attached hydrogens (tertiary/aromatic N) is 2. The van der Waals surface area contributed by atoms with Gasteiger partial charge in [0.2, 0.25) is 0 Å². The van der Waals surface area contributed by atoms with Crippen LogP contribution in [0.3, 0.4) is 0 Å². The second-order valence-electron chi connectivity index (χ2n) is 13.4. The highest BCUT2D eigenvalue weighted by Gasteiger charge is 2.42. The first-order valence-electron chi connectivity index (χ1n) is 17.5. The fourth-order valence-corrected chi connectivity index (χ4v) is 7.82. The number of amides is 2. The number of carbonyl (C=O) groups is 2. The molecule has 0 saturated carbocycles. The Hall–Kier alpha value is -6.94. The molecule has 0 radical (unpaired) electrons. The molecule has 1 aliphatic heterocycles. The van der Waals surface area contributed by atoms with E-state index in [-0.39, 0.29) is 34.0 Å². The summed E-state index contributed by atoms with van der Waals surface area (Å²) >= 11 is 0. The van der Waals surface area contributed by atoms with Crippen molar-refractivity contribution in [2.45, 2.75) is 12.4 Å². The molecule has 0 unspecified atom stereocenters. The number of imide groups is 1. The normalized spacial score (nSPS) is 13.2. The Morgan fingerprint density at radius 1 is 0.446 bits per heavy atom. The molecule has 0 aliphatic carbocycles. The molecule has 4 nitrogen and oxygen atoms in total. The van der Waals surface area contributed by atoms with E-state index >= 15 is 4.79 Å². The molecule has 0 atom stereocenters. The van der Waals surface area contributed by atoms with E-state index in [1.807, 2.05) is 78.9 Å². The molecule has 1 aromatic heterocycles. The average Bonchev–Trinajstić information content (AvgIpc) is 3.68. The number of halogens is 6. The van der Waals surface area contributed by atoms with E-state index in [0.717, 1.165) is 22.1 Å². The van der Waals surface area contributed by atoms with Crippen LogP contribution in [0.4, 0.5) is 32.0 Å². The number of hydrogen-bond acceptors (Lipinski definition) is 2. The van der Waals surface area contributed by atoms with Crippen molar-refractivity contribution in [3.63, 3.8) is 0 Å². The van der Waals surface area contributed by atoms with Crippen LogP contribution in [-0.2, 0) is 12.4 Å². The maximum atomic E-state index is 15.1. The Morgan fingerprint density at radius 2 is 1.00 bits per heavy atom. The highest BCUT2D eigenvalue weighted by molar-refractivity contribution is 6.37. The molecule has 1 aliphatic rings. The quantitative estimate of drug-likeness (QED) is 0.130. The monoisotopic (exact) mass is 752 g/mol. The SMILES string of the molecule is O=C1c2cccc(-n3c4ccccc4c4cccc(-c5ccc(C(F)(F)F)cc5C(F)(F)F)c43)c2C(=O)N1c1c(-c2ccccc2)cccc1-c1ccccc1. The highest BCUT2D eigenvalue weighted by atomic mass is 19.4. The number of aromatic nitrogens is 1. The van der Waals surface area contributed by atoms with E-state index in [2.05, 4.69) is 0 Å². The number of carbonyl (C=O) groups excluding carboxylic acids is 2. The lowest BCUT2D eigenvalue weighted by atomic mass is 9.95. The Morgan fingerprint density at radius 3 is 1.64 bits per heavy atom. The van der Waals surface area contributed by atoms with Crippen molar-refractivity contribution in [1.29, 1.82) is 0 Å². The van der Waals surface area contributed by atoms with Gasteiger partial charge in [-0.05, 0) is 47.0 Å². The zero-order valence-electron chi connectivity index (χ0n) is 29.0. The molecule has 10 heteroatoms. The third-order valence-corrected chi connectivity index (χ3v) is 10.2. The summed E-state index contributed by atoms with van der Waals surface area (Å²) in [6.07, 6.45) is -10.2. The standard InChI is InChI=1S/C46H26F6N2O2/c47-45(48,49)29-24-25-32(37(26-29)46(50,51)52)34-19-10-20-35-33-16-7-8-22-38(33)53(42(34)35)39-23-11-21-36-40(39)44(56)54(43(36)55)41-30(27-12-3-1-4-13-27)17-9-18-31(41)28-14-5-2-6-15-28/h1-26H. The molecule has 0 saturated heterocycles. The first kappa shape index (κ1) is 34.8. The molecule has 9 rings (SSSR count). The Labute approximate surface area is 315 Å². The van der Waals surface area contributed by atoms with Gasteiger partial charge >= 0.3 is 12.4 Å². The summed E-state index contributed by atoms with van der Waals surface area (Å²) in [7, 11) is 0. The number of alkyl halides is 6. The molecule has 0 spiro atoms. The van der Waals surface area contributed by atoms with E-state index in [9.17, 15) is 31.1 Å². The van der Waals surface area contributed by atoms with Crippen LogP contribution in [0, 0.1) is 0 Å². The predicted molar refractivity (Wildman–Crippen MR) is 205 cm³/mol. The van der Waals surface area contributed by atoms with Gasteiger partial charge in [-0.3, -0.25) is 9.59 Å². The van der Waals surface area contributed by atoms with Crippen LogP contribution in [0.15, 0.2) is 158 Å². The van der Waals surface area contributed by atoms with Crippen LogP contribution in [0.2, 0.25) is 0 Å². The summed E-state index contributed by atoms with van der Waals surface area (Å²) < 4.78 is 86.8. The average molecular weight is 753 g/mol. The van der Waals surface area contributed by atoms with Gasteiger partial charge in [-0.25, -0.2) is 4.90 Å². The number of fused-ring (bicyclic) bond motifs is 4. The molecule has 0 bridgehead atoms. The molecule has 8 aromatic rings. The second-order valence-corrected chi connectivity index (χ2v) is 13.4. The summed E-state index contributed by atoms with van der Waals surface area (Å²) in [5, 5.41) is 1.12. The van der Waals surface area contributed by atoms with Crippen LogP contribution in [0.1, 0.15) is 31.8 Å². The van der Waals surface area contributed by atoms with Gasteiger partial charge in [-0.15, -0.1) is 0 Å². The van der Waals surface area contributed by atoms with Gasteiger partial charge in [-0.1, -0.05) is 127 Å². The van der Waals surface area contributed by atoms with Crippen molar-refractivity contribution in [3.05, 3.63) is 180 Å². The number of para-hydroxylation sites is 3. The molecular formula is C46H26F6N2O2. The summed E-state index contributed by atoms with van der Waals surface area (Å²) in [6, 6.07) is 42.2. The molecule has 2 heterocycles. The van der Waals surface area contributed by atoms with Gasteiger partial charge in [0.1, 0.15) is 0 Å². The van der Waals surface area contributed by atoms with Crippen molar-refractivity contribution in [1.82, 2.24) is 4.57 Å². The summed E-state index contributed by atoms with van der Waals surface area (Å²) in [5.41, 5.74) is 0.852. The highest BCUT2D eigenvalue weighted by Crippen LogP contribution is 2.47. The lowest BCUT2D eigenvalue weighted by Gasteiger charge is -2.23. The van der Waals surface area contributed by atoms with E-state index in [1.54, 1.807) is 59.2 Å². The summed E-state index contributed by atoms with van der Waals surface area (Å²) in [6.45, 7) is 0. The van der Waals surface area contributed by atoms with Crippen molar-refractivity contribution in [2.24, 2.45) is 0 Å². The van der Waals surface area contributed by atoms with Gasteiger partial charge in [0.25, 0.3) is 11.8 Å². The zero-order valence-corrected chi connectivity index (χ0v) is 29.0. The topological polar surface area (TPSA) is 42.3 Å². The minimum absolute atomic E-state index is 0.00762. The summed E-state index contributed by atoms with van der Waals surface area (Å²) in [4.78, 5) is 30.9. The van der Waals surface area contributed by atoms with Gasteiger partial charge in [0.15, 0.2) is 0 Å². The van der Waals surface area contributed by atoms with Crippen LogP contribution in [0.25, 0.3) is 60.9 Å². The first-order valence-corrected chi connectivity index (χ1v) is 17.5. The van der Waals surface area contributed by atoms with E-state index in [0.29, 0.717) is 39.2 Å². The molecule has 2 amide bonds. The smallest absolute Gasteiger partial charge is 0.308 e. The molecule has 7 aromatic carbocycles. The van der Waals surface area contributed by atoms with Crippen LogP contribution < -0.4 is 4.90 Å². The van der Waals surface area contributed by atoms with Crippen LogP contribution in [-0.4, -0.2) is 16.4 Å². The minimum Gasteiger partial charge on any atom is -0.308 e. The Balaban J connectivity index is 1.32. The molecule has 0 N–H and O–H groups in total. The van der Waals surface area contributed by atoms with Gasteiger partial charge in [0.05, 0.1) is 44.7 Å². The maximum absolute atomic E-state index is 15.1. The maximum Gasteiger partial charge on any atom is 0.417 e. The lowest BCUT2D eigenvalue weighted by Crippen LogP contribution is -2.30. The summed E-state index contributed by atoms with van der Waals surface area (Å²) in [5.74, 6) is -1.23. The zero-order chi connectivity index (χ0) is 38.9.